The van der Waals surface area contributed by atoms with Crippen molar-refractivity contribution >= 4 is 29.2 Å². The van der Waals surface area contributed by atoms with E-state index in [1.807, 2.05) is 11.8 Å². The second-order valence-electron chi connectivity index (χ2n) is 7.27. The number of anilines is 1. The van der Waals surface area contributed by atoms with E-state index in [1.165, 1.54) is 0 Å². The van der Waals surface area contributed by atoms with Crippen molar-refractivity contribution in [2.45, 2.75) is 51.4 Å². The van der Waals surface area contributed by atoms with E-state index in [4.69, 9.17) is 11.6 Å². The third-order valence-electron chi connectivity index (χ3n) is 3.48. The van der Waals surface area contributed by atoms with Gasteiger partial charge in [0.05, 0.1) is 5.02 Å². The van der Waals surface area contributed by atoms with Gasteiger partial charge in [0.2, 0.25) is 0 Å². The lowest BCUT2D eigenvalue weighted by Crippen LogP contribution is -2.43. The van der Waals surface area contributed by atoms with Crippen molar-refractivity contribution in [2.24, 2.45) is 0 Å². The Kier molecular flexibility index (Phi) is 5.11. The van der Waals surface area contributed by atoms with Gasteiger partial charge in [-0.05, 0) is 46.2 Å². The molecule has 3 nitrogen and oxygen atoms in total. The Bertz CT molecular complexity index is 497. The van der Waals surface area contributed by atoms with Crippen LogP contribution in [-0.2, 0) is 6.54 Å². The highest BCUT2D eigenvalue weighted by molar-refractivity contribution is 8.00. The van der Waals surface area contributed by atoms with Crippen LogP contribution in [0.2, 0.25) is 5.02 Å². The summed E-state index contributed by atoms with van der Waals surface area (Å²) in [5.74, 6) is 2.19. The number of hydrogen-bond donors (Lipinski definition) is 1. The molecule has 0 radical (unpaired) electrons. The van der Waals surface area contributed by atoms with Crippen molar-refractivity contribution < 1.29 is 0 Å². The van der Waals surface area contributed by atoms with Gasteiger partial charge in [-0.1, -0.05) is 11.6 Å². The SMILES string of the molecule is CC(C)(C)NCc1cc(N2CCSC(C)(C)C2)ncc1Cl. The summed E-state index contributed by atoms with van der Waals surface area (Å²) < 4.78 is 0.281. The molecule has 1 aromatic heterocycles. The molecule has 1 aliphatic rings. The van der Waals surface area contributed by atoms with Crippen molar-refractivity contribution in [3.63, 3.8) is 0 Å². The average Bonchev–Trinajstić information content (AvgIpc) is 2.35. The Labute approximate surface area is 137 Å². The quantitative estimate of drug-likeness (QED) is 0.909. The van der Waals surface area contributed by atoms with Gasteiger partial charge in [-0.3, -0.25) is 0 Å². The van der Waals surface area contributed by atoms with Crippen LogP contribution >= 0.6 is 23.4 Å². The van der Waals surface area contributed by atoms with Gasteiger partial charge in [0.25, 0.3) is 0 Å². The fourth-order valence-electron chi connectivity index (χ4n) is 2.35. The highest BCUT2D eigenvalue weighted by atomic mass is 35.5. The third kappa shape index (κ3) is 5.04. The maximum Gasteiger partial charge on any atom is 0.128 e. The van der Waals surface area contributed by atoms with Crippen molar-refractivity contribution in [2.75, 3.05) is 23.7 Å². The molecule has 0 aromatic carbocycles. The molecule has 1 saturated heterocycles. The fourth-order valence-corrected chi connectivity index (χ4v) is 3.63. The molecule has 1 N–H and O–H groups in total. The largest absolute Gasteiger partial charge is 0.354 e. The van der Waals surface area contributed by atoms with Gasteiger partial charge in [0.1, 0.15) is 5.82 Å². The van der Waals surface area contributed by atoms with Crippen LogP contribution < -0.4 is 10.2 Å². The first-order valence-electron chi connectivity index (χ1n) is 7.45. The molecular weight excluding hydrogens is 302 g/mol. The normalized spacial score (nSPS) is 18.9. The molecule has 2 rings (SSSR count). The van der Waals surface area contributed by atoms with Crippen molar-refractivity contribution in [1.82, 2.24) is 10.3 Å². The predicted molar refractivity (Wildman–Crippen MR) is 94.6 cm³/mol. The molecule has 2 heterocycles. The lowest BCUT2D eigenvalue weighted by molar-refractivity contribution is 0.424. The monoisotopic (exact) mass is 327 g/mol. The molecule has 0 bridgehead atoms. The van der Waals surface area contributed by atoms with Crippen molar-refractivity contribution in [3.05, 3.63) is 22.8 Å². The molecule has 5 heteroatoms. The van der Waals surface area contributed by atoms with E-state index in [-0.39, 0.29) is 10.3 Å². The minimum absolute atomic E-state index is 0.0799. The zero-order valence-electron chi connectivity index (χ0n) is 13.7. The van der Waals surface area contributed by atoms with Crippen LogP contribution in [0.5, 0.6) is 0 Å². The van der Waals surface area contributed by atoms with Gasteiger partial charge in [-0.25, -0.2) is 4.98 Å². The zero-order valence-corrected chi connectivity index (χ0v) is 15.2. The number of halogens is 1. The Morgan fingerprint density at radius 2 is 2.14 bits per heavy atom. The molecule has 0 amide bonds. The van der Waals surface area contributed by atoms with Crippen LogP contribution in [0.15, 0.2) is 12.3 Å². The first kappa shape index (κ1) is 16.9. The summed E-state index contributed by atoms with van der Waals surface area (Å²) in [5, 5.41) is 4.23. The summed E-state index contributed by atoms with van der Waals surface area (Å²) in [6, 6.07) is 2.13. The summed E-state index contributed by atoms with van der Waals surface area (Å²) in [7, 11) is 0. The molecule has 0 aliphatic carbocycles. The third-order valence-corrected chi connectivity index (χ3v) is 5.12. The summed E-state index contributed by atoms with van der Waals surface area (Å²) >= 11 is 8.33. The first-order chi connectivity index (χ1) is 9.66. The minimum Gasteiger partial charge on any atom is -0.354 e. The number of nitrogens with zero attached hydrogens (tertiary/aromatic N) is 2. The van der Waals surface area contributed by atoms with Crippen LogP contribution in [0.3, 0.4) is 0 Å². The fraction of sp³-hybridized carbons (Fsp3) is 0.688. The van der Waals surface area contributed by atoms with E-state index in [0.29, 0.717) is 0 Å². The number of thioether (sulfide) groups is 1. The second-order valence-corrected chi connectivity index (χ2v) is 9.48. The topological polar surface area (TPSA) is 28.2 Å². The van der Waals surface area contributed by atoms with Gasteiger partial charge in [0, 0.05) is 41.9 Å². The summed E-state index contributed by atoms with van der Waals surface area (Å²) in [5.41, 5.74) is 1.20. The van der Waals surface area contributed by atoms with Crippen LogP contribution in [-0.4, -0.2) is 34.1 Å². The van der Waals surface area contributed by atoms with Crippen molar-refractivity contribution in [3.8, 4) is 0 Å². The molecule has 0 spiro atoms. The number of pyridine rings is 1. The van der Waals surface area contributed by atoms with Gasteiger partial charge in [0.15, 0.2) is 0 Å². The zero-order chi connectivity index (χ0) is 15.7. The molecular formula is C16H26ClN3S. The van der Waals surface area contributed by atoms with Crippen LogP contribution in [0.4, 0.5) is 5.82 Å². The van der Waals surface area contributed by atoms with E-state index >= 15 is 0 Å². The molecule has 1 aromatic rings. The Morgan fingerprint density at radius 1 is 1.43 bits per heavy atom. The highest BCUT2D eigenvalue weighted by Gasteiger charge is 2.28. The van der Waals surface area contributed by atoms with Gasteiger partial charge < -0.3 is 10.2 Å². The molecule has 0 saturated carbocycles. The molecule has 0 unspecified atom stereocenters. The van der Waals surface area contributed by atoms with E-state index < -0.39 is 0 Å². The lowest BCUT2D eigenvalue weighted by atomic mass is 10.1. The molecule has 1 aliphatic heterocycles. The van der Waals surface area contributed by atoms with Crippen LogP contribution in [0, 0.1) is 0 Å². The summed E-state index contributed by atoms with van der Waals surface area (Å²) in [6.07, 6.45) is 1.78. The predicted octanol–water partition coefficient (Wildman–Crippen LogP) is 3.95. The van der Waals surface area contributed by atoms with E-state index in [9.17, 15) is 0 Å². The molecule has 118 valence electrons. The van der Waals surface area contributed by atoms with E-state index in [1.54, 1.807) is 6.20 Å². The Morgan fingerprint density at radius 3 is 2.76 bits per heavy atom. The highest BCUT2D eigenvalue weighted by Crippen LogP contribution is 2.32. The standard InChI is InChI=1S/C16H26ClN3S/c1-15(2,3)19-9-12-8-14(18-10-13(12)17)20-6-7-21-16(4,5)11-20/h8,10,19H,6-7,9,11H2,1-5H3. The Hall–Kier alpha value is -0.450. The molecule has 1 fully saturated rings. The number of hydrogen-bond acceptors (Lipinski definition) is 4. The Balaban J connectivity index is 2.14. The summed E-state index contributed by atoms with van der Waals surface area (Å²) in [4.78, 5) is 6.90. The van der Waals surface area contributed by atoms with Gasteiger partial charge in [-0.15, -0.1) is 0 Å². The average molecular weight is 328 g/mol. The van der Waals surface area contributed by atoms with Crippen molar-refractivity contribution in [1.29, 1.82) is 0 Å². The summed E-state index contributed by atoms with van der Waals surface area (Å²) in [6.45, 7) is 13.9. The van der Waals surface area contributed by atoms with E-state index in [0.717, 1.165) is 41.8 Å². The minimum atomic E-state index is 0.0799. The first-order valence-corrected chi connectivity index (χ1v) is 8.81. The van der Waals surface area contributed by atoms with Gasteiger partial charge >= 0.3 is 0 Å². The molecule has 21 heavy (non-hydrogen) atoms. The second kappa shape index (κ2) is 6.35. The number of aromatic nitrogens is 1. The smallest absolute Gasteiger partial charge is 0.128 e. The molecule has 0 atom stereocenters. The van der Waals surface area contributed by atoms with Crippen LogP contribution in [0.1, 0.15) is 40.2 Å². The van der Waals surface area contributed by atoms with Crippen LogP contribution in [0.25, 0.3) is 0 Å². The maximum absolute atomic E-state index is 6.29. The number of nitrogens with one attached hydrogen (secondary N) is 1. The van der Waals surface area contributed by atoms with E-state index in [2.05, 4.69) is 55.9 Å². The maximum atomic E-state index is 6.29. The van der Waals surface area contributed by atoms with Gasteiger partial charge in [-0.2, -0.15) is 11.8 Å². The number of rotatable bonds is 3. The lowest BCUT2D eigenvalue weighted by Gasteiger charge is -2.38.